The van der Waals surface area contributed by atoms with Crippen LogP contribution in [0.5, 0.6) is 0 Å². The van der Waals surface area contributed by atoms with E-state index in [-0.39, 0.29) is 6.04 Å². The van der Waals surface area contributed by atoms with Crippen molar-refractivity contribution < 1.29 is 0 Å². The maximum Gasteiger partial charge on any atom is 0.135 e. The number of rotatable bonds is 3. The quantitative estimate of drug-likeness (QED) is 0.812. The van der Waals surface area contributed by atoms with Gasteiger partial charge in [0.1, 0.15) is 10.3 Å². The highest BCUT2D eigenvalue weighted by molar-refractivity contribution is 6.32. The first-order valence-corrected chi connectivity index (χ1v) is 5.39. The number of hydrogen-bond acceptors (Lipinski definition) is 2. The summed E-state index contributed by atoms with van der Waals surface area (Å²) in [5, 5.41) is 0.806. The minimum absolute atomic E-state index is 0.0720. The largest absolute Gasteiger partial charge is 0.324 e. The van der Waals surface area contributed by atoms with Crippen LogP contribution in [0, 0.1) is 5.92 Å². The number of nitrogens with zero attached hydrogens (tertiary/aromatic N) is 1. The fraction of sp³-hybridized carbons (Fsp3) is 0.500. The van der Waals surface area contributed by atoms with Crippen molar-refractivity contribution in [3.05, 3.63) is 28.0 Å². The zero-order valence-electron chi connectivity index (χ0n) is 8.30. The predicted octanol–water partition coefficient (Wildman–Crippen LogP) is 3.43. The lowest BCUT2D eigenvalue weighted by Gasteiger charge is -2.19. The monoisotopic (exact) mass is 232 g/mol. The van der Waals surface area contributed by atoms with Gasteiger partial charge in [-0.15, -0.1) is 0 Å². The molecule has 0 spiro atoms. The zero-order chi connectivity index (χ0) is 10.7. The van der Waals surface area contributed by atoms with Crippen LogP contribution < -0.4 is 5.73 Å². The van der Waals surface area contributed by atoms with E-state index in [0.29, 0.717) is 16.2 Å². The van der Waals surface area contributed by atoms with Gasteiger partial charge in [0.2, 0.25) is 0 Å². The summed E-state index contributed by atoms with van der Waals surface area (Å²) in [5.74, 6) is 0.385. The van der Waals surface area contributed by atoms with E-state index in [9.17, 15) is 0 Å². The van der Waals surface area contributed by atoms with Crippen LogP contribution in [0.2, 0.25) is 10.3 Å². The highest BCUT2D eigenvalue weighted by Crippen LogP contribution is 2.27. The molecule has 0 aliphatic rings. The second-order valence-corrected chi connectivity index (χ2v) is 4.17. The highest BCUT2D eigenvalue weighted by Gasteiger charge is 2.16. The normalized spacial score (nSPS) is 15.2. The Hall–Kier alpha value is -0.310. The van der Waals surface area contributed by atoms with Gasteiger partial charge in [-0.2, -0.15) is 0 Å². The molecule has 1 aromatic heterocycles. The predicted molar refractivity (Wildman–Crippen MR) is 60.6 cm³/mol. The molecule has 0 aromatic carbocycles. The van der Waals surface area contributed by atoms with Crippen LogP contribution in [0.1, 0.15) is 31.9 Å². The van der Waals surface area contributed by atoms with Crippen LogP contribution >= 0.6 is 23.2 Å². The molecule has 1 heterocycles. The third-order valence-electron chi connectivity index (χ3n) is 2.46. The summed E-state index contributed by atoms with van der Waals surface area (Å²) in [6.45, 7) is 4.19. The summed E-state index contributed by atoms with van der Waals surface area (Å²) in [5.41, 5.74) is 6.90. The molecule has 0 saturated heterocycles. The maximum absolute atomic E-state index is 6.03. The number of aromatic nitrogens is 1. The molecule has 0 bridgehead atoms. The molecular formula is C10H14Cl2N2. The lowest BCUT2D eigenvalue weighted by molar-refractivity contribution is 0.456. The third kappa shape index (κ3) is 2.59. The van der Waals surface area contributed by atoms with E-state index in [1.807, 2.05) is 6.07 Å². The van der Waals surface area contributed by atoms with E-state index in [4.69, 9.17) is 28.9 Å². The smallest absolute Gasteiger partial charge is 0.135 e. The highest BCUT2D eigenvalue weighted by atomic mass is 35.5. The lowest BCUT2D eigenvalue weighted by atomic mass is 9.94. The molecule has 1 aromatic rings. The van der Waals surface area contributed by atoms with E-state index in [2.05, 4.69) is 18.8 Å². The molecule has 2 N–H and O–H groups in total. The molecule has 78 valence electrons. The third-order valence-corrected chi connectivity index (χ3v) is 2.97. The fourth-order valence-corrected chi connectivity index (χ4v) is 1.70. The molecule has 2 atom stereocenters. The Labute approximate surface area is 94.4 Å². The van der Waals surface area contributed by atoms with Crippen LogP contribution in [0.25, 0.3) is 0 Å². The lowest BCUT2D eigenvalue weighted by Crippen LogP contribution is -2.19. The van der Waals surface area contributed by atoms with Crippen LogP contribution in [0.15, 0.2) is 12.1 Å². The first-order chi connectivity index (χ1) is 6.56. The SMILES string of the molecule is CCC(C)[C@H](N)c1ccc(Cl)nc1Cl. The second kappa shape index (κ2) is 4.96. The molecule has 1 rings (SSSR count). The van der Waals surface area contributed by atoms with Gasteiger partial charge in [0.15, 0.2) is 0 Å². The Kier molecular flexibility index (Phi) is 4.17. The molecule has 0 radical (unpaired) electrons. The Balaban J connectivity index is 2.95. The first kappa shape index (κ1) is 11.8. The number of nitrogens with two attached hydrogens (primary N) is 1. The Morgan fingerprint density at radius 3 is 2.57 bits per heavy atom. The maximum atomic E-state index is 6.03. The molecule has 0 aliphatic carbocycles. The summed E-state index contributed by atoms with van der Waals surface area (Å²) in [4.78, 5) is 3.96. The van der Waals surface area contributed by atoms with E-state index in [0.717, 1.165) is 12.0 Å². The molecule has 0 aliphatic heterocycles. The van der Waals surface area contributed by atoms with Gasteiger partial charge in [-0.25, -0.2) is 4.98 Å². The summed E-state index contributed by atoms with van der Waals surface area (Å²) in [7, 11) is 0. The van der Waals surface area contributed by atoms with Crippen molar-refractivity contribution in [1.82, 2.24) is 4.98 Å². The van der Waals surface area contributed by atoms with Gasteiger partial charge in [-0.1, -0.05) is 49.5 Å². The summed E-state index contributed by atoms with van der Waals surface area (Å²) in [6, 6.07) is 3.48. The van der Waals surface area contributed by atoms with Crippen LogP contribution in [-0.4, -0.2) is 4.98 Å². The van der Waals surface area contributed by atoms with Crippen LogP contribution in [0.4, 0.5) is 0 Å². The number of halogens is 2. The van der Waals surface area contributed by atoms with E-state index in [1.54, 1.807) is 6.07 Å². The average Bonchev–Trinajstić information content (AvgIpc) is 2.15. The van der Waals surface area contributed by atoms with Gasteiger partial charge in [0, 0.05) is 11.6 Å². The standard InChI is InChI=1S/C10H14Cl2N2/c1-3-6(2)9(13)7-4-5-8(11)14-10(7)12/h4-6,9H,3,13H2,1-2H3/t6?,9-/m0/s1. The Bertz CT molecular complexity index is 315. The van der Waals surface area contributed by atoms with Gasteiger partial charge in [0.05, 0.1) is 0 Å². The molecule has 0 fully saturated rings. The first-order valence-electron chi connectivity index (χ1n) is 4.63. The molecule has 0 saturated carbocycles. The van der Waals surface area contributed by atoms with Gasteiger partial charge >= 0.3 is 0 Å². The molecule has 2 nitrogen and oxygen atoms in total. The van der Waals surface area contributed by atoms with Gasteiger partial charge in [-0.05, 0) is 12.0 Å². The van der Waals surface area contributed by atoms with Crippen LogP contribution in [-0.2, 0) is 0 Å². The fourth-order valence-electron chi connectivity index (χ4n) is 1.23. The molecule has 0 amide bonds. The van der Waals surface area contributed by atoms with Crippen molar-refractivity contribution in [1.29, 1.82) is 0 Å². The second-order valence-electron chi connectivity index (χ2n) is 3.43. The van der Waals surface area contributed by atoms with Crippen molar-refractivity contribution in [2.45, 2.75) is 26.3 Å². The van der Waals surface area contributed by atoms with Crippen LogP contribution in [0.3, 0.4) is 0 Å². The summed E-state index contributed by atoms with van der Waals surface area (Å²) >= 11 is 11.6. The Morgan fingerprint density at radius 1 is 1.43 bits per heavy atom. The van der Waals surface area contributed by atoms with Crippen molar-refractivity contribution in [3.63, 3.8) is 0 Å². The summed E-state index contributed by atoms with van der Waals surface area (Å²) in [6.07, 6.45) is 1.01. The molecule has 1 unspecified atom stereocenters. The zero-order valence-corrected chi connectivity index (χ0v) is 9.81. The number of hydrogen-bond donors (Lipinski definition) is 1. The van der Waals surface area contributed by atoms with Crippen molar-refractivity contribution in [2.75, 3.05) is 0 Å². The average molecular weight is 233 g/mol. The van der Waals surface area contributed by atoms with Gasteiger partial charge < -0.3 is 5.73 Å². The van der Waals surface area contributed by atoms with E-state index >= 15 is 0 Å². The molecule has 14 heavy (non-hydrogen) atoms. The van der Waals surface area contributed by atoms with E-state index < -0.39 is 0 Å². The Morgan fingerprint density at radius 2 is 2.07 bits per heavy atom. The van der Waals surface area contributed by atoms with Gasteiger partial charge in [-0.3, -0.25) is 0 Å². The summed E-state index contributed by atoms with van der Waals surface area (Å²) < 4.78 is 0. The topological polar surface area (TPSA) is 38.9 Å². The van der Waals surface area contributed by atoms with Crippen molar-refractivity contribution in [2.24, 2.45) is 11.7 Å². The van der Waals surface area contributed by atoms with Crippen molar-refractivity contribution in [3.8, 4) is 0 Å². The van der Waals surface area contributed by atoms with E-state index in [1.165, 1.54) is 0 Å². The molecule has 4 heteroatoms. The molecular weight excluding hydrogens is 219 g/mol. The number of pyridine rings is 1. The minimum Gasteiger partial charge on any atom is -0.324 e. The minimum atomic E-state index is -0.0720. The van der Waals surface area contributed by atoms with Gasteiger partial charge in [0.25, 0.3) is 0 Å². The van der Waals surface area contributed by atoms with Crippen molar-refractivity contribution >= 4 is 23.2 Å².